The molecule has 1 unspecified atom stereocenters. The van der Waals surface area contributed by atoms with Gasteiger partial charge in [-0.05, 0) is 55.7 Å². The van der Waals surface area contributed by atoms with E-state index in [0.717, 1.165) is 29.1 Å². The lowest BCUT2D eigenvalue weighted by atomic mass is 10.1. The quantitative estimate of drug-likeness (QED) is 0.796. The number of hydrogen-bond donors (Lipinski definition) is 1. The van der Waals surface area contributed by atoms with Crippen molar-refractivity contribution in [1.29, 1.82) is 0 Å². The van der Waals surface area contributed by atoms with Gasteiger partial charge in [0.15, 0.2) is 6.10 Å². The minimum Gasteiger partial charge on any atom is -0.481 e. The number of benzene rings is 2. The third kappa shape index (κ3) is 5.82. The van der Waals surface area contributed by atoms with Gasteiger partial charge in [-0.3, -0.25) is 4.79 Å². The van der Waals surface area contributed by atoms with Crippen molar-refractivity contribution in [2.75, 3.05) is 25.0 Å². The molecule has 1 N–H and O–H groups in total. The van der Waals surface area contributed by atoms with E-state index in [1.165, 1.54) is 0 Å². The van der Waals surface area contributed by atoms with Crippen molar-refractivity contribution >= 4 is 11.6 Å². The summed E-state index contributed by atoms with van der Waals surface area (Å²) < 4.78 is 5.90. The van der Waals surface area contributed by atoms with Gasteiger partial charge in [0.1, 0.15) is 5.75 Å². The molecule has 0 heterocycles. The molecule has 4 heteroatoms. The van der Waals surface area contributed by atoms with Gasteiger partial charge in [0.05, 0.1) is 0 Å². The summed E-state index contributed by atoms with van der Waals surface area (Å²) >= 11 is 0. The van der Waals surface area contributed by atoms with E-state index >= 15 is 0 Å². The highest BCUT2D eigenvalue weighted by Gasteiger charge is 2.18. The van der Waals surface area contributed by atoms with Gasteiger partial charge in [-0.15, -0.1) is 0 Å². The van der Waals surface area contributed by atoms with E-state index in [2.05, 4.69) is 28.4 Å². The Morgan fingerprint density at radius 2 is 1.76 bits per heavy atom. The van der Waals surface area contributed by atoms with Crippen molar-refractivity contribution in [3.05, 3.63) is 59.7 Å². The largest absolute Gasteiger partial charge is 0.481 e. The van der Waals surface area contributed by atoms with Crippen LogP contribution in [-0.2, 0) is 4.79 Å². The van der Waals surface area contributed by atoms with Crippen LogP contribution in [0.5, 0.6) is 5.75 Å². The summed E-state index contributed by atoms with van der Waals surface area (Å²) in [6.07, 6.45) is 0.163. The number of nitrogens with zero attached hydrogens (tertiary/aromatic N) is 1. The number of hydrogen-bond acceptors (Lipinski definition) is 3. The molecular weight excluding hydrogens is 312 g/mol. The van der Waals surface area contributed by atoms with Crippen molar-refractivity contribution in [3.63, 3.8) is 0 Å². The van der Waals surface area contributed by atoms with E-state index in [1.54, 1.807) is 0 Å². The van der Waals surface area contributed by atoms with E-state index in [1.807, 2.05) is 58.2 Å². The Morgan fingerprint density at radius 1 is 1.12 bits per heavy atom. The third-order valence-corrected chi connectivity index (χ3v) is 4.08. The fourth-order valence-electron chi connectivity index (χ4n) is 2.76. The van der Waals surface area contributed by atoms with Crippen LogP contribution in [0.4, 0.5) is 5.69 Å². The first-order valence-electron chi connectivity index (χ1n) is 8.78. The molecule has 0 saturated heterocycles. The number of aryl methyl sites for hydroxylation is 2. The lowest BCUT2D eigenvalue weighted by molar-refractivity contribution is -0.128. The van der Waals surface area contributed by atoms with E-state index in [4.69, 9.17) is 4.74 Å². The van der Waals surface area contributed by atoms with Crippen LogP contribution in [0.25, 0.3) is 0 Å². The number of carbonyl (C=O) groups is 1. The maximum absolute atomic E-state index is 12.4. The van der Waals surface area contributed by atoms with Crippen LogP contribution in [0.1, 0.15) is 24.5 Å². The van der Waals surface area contributed by atoms with Crippen LogP contribution in [0.2, 0.25) is 0 Å². The third-order valence-electron chi connectivity index (χ3n) is 4.08. The molecule has 2 aromatic carbocycles. The van der Waals surface area contributed by atoms with Gasteiger partial charge in [-0.25, -0.2) is 0 Å². The van der Waals surface area contributed by atoms with Gasteiger partial charge in [-0.2, -0.15) is 0 Å². The Balaban J connectivity index is 1.85. The second kappa shape index (κ2) is 9.11. The van der Waals surface area contributed by atoms with Gasteiger partial charge < -0.3 is 15.0 Å². The minimum atomic E-state index is -0.469. The minimum absolute atomic E-state index is 0.0666. The number of likely N-dealkylation sites (N-methyl/N-ethyl adjacent to an activating group) is 1. The van der Waals surface area contributed by atoms with Gasteiger partial charge in [0, 0.05) is 25.8 Å². The normalized spacial score (nSPS) is 11.7. The zero-order chi connectivity index (χ0) is 18.2. The van der Waals surface area contributed by atoms with Crippen molar-refractivity contribution in [3.8, 4) is 5.75 Å². The smallest absolute Gasteiger partial charge is 0.261 e. The van der Waals surface area contributed by atoms with E-state index in [0.29, 0.717) is 13.0 Å². The van der Waals surface area contributed by atoms with Crippen LogP contribution < -0.4 is 15.0 Å². The molecule has 2 aromatic rings. The predicted molar refractivity (Wildman–Crippen MR) is 103 cm³/mol. The molecule has 1 amide bonds. The number of amides is 1. The summed E-state index contributed by atoms with van der Waals surface area (Å²) in [5.74, 6) is 0.684. The second-order valence-electron chi connectivity index (χ2n) is 6.39. The monoisotopic (exact) mass is 340 g/mol. The molecule has 0 aliphatic carbocycles. The maximum Gasteiger partial charge on any atom is 0.261 e. The van der Waals surface area contributed by atoms with E-state index < -0.39 is 6.10 Å². The molecule has 2 rings (SSSR count). The highest BCUT2D eigenvalue weighted by atomic mass is 16.5. The zero-order valence-electron chi connectivity index (χ0n) is 15.6. The Hall–Kier alpha value is -2.49. The molecule has 0 aliphatic heterocycles. The van der Waals surface area contributed by atoms with Crippen molar-refractivity contribution in [2.24, 2.45) is 0 Å². The molecule has 0 radical (unpaired) electrons. The van der Waals surface area contributed by atoms with Crippen LogP contribution in [0, 0.1) is 13.8 Å². The summed E-state index contributed by atoms with van der Waals surface area (Å²) in [5, 5.41) is 2.98. The number of ether oxygens (including phenoxy) is 1. The summed E-state index contributed by atoms with van der Waals surface area (Å²) in [6.45, 7) is 7.34. The van der Waals surface area contributed by atoms with E-state index in [-0.39, 0.29) is 5.91 Å². The van der Waals surface area contributed by atoms with Crippen LogP contribution in [0.3, 0.4) is 0 Å². The Bertz CT molecular complexity index is 665. The first-order valence-corrected chi connectivity index (χ1v) is 8.78. The first-order chi connectivity index (χ1) is 12.0. The van der Waals surface area contributed by atoms with Crippen molar-refractivity contribution < 1.29 is 9.53 Å². The number of rotatable bonds is 8. The van der Waals surface area contributed by atoms with Crippen LogP contribution >= 0.6 is 0 Å². The predicted octanol–water partition coefficient (Wildman–Crippen LogP) is 3.71. The lowest BCUT2D eigenvalue weighted by Crippen LogP contribution is -2.41. The summed E-state index contributed by atoms with van der Waals surface area (Å²) in [4.78, 5) is 14.5. The number of nitrogens with one attached hydrogen (secondary N) is 1. The first kappa shape index (κ1) is 18.8. The van der Waals surface area contributed by atoms with Crippen molar-refractivity contribution in [1.82, 2.24) is 5.32 Å². The van der Waals surface area contributed by atoms with Gasteiger partial charge in [-0.1, -0.05) is 31.2 Å². The average Bonchev–Trinajstić information content (AvgIpc) is 2.59. The highest BCUT2D eigenvalue weighted by molar-refractivity contribution is 5.81. The van der Waals surface area contributed by atoms with Gasteiger partial charge in [0.2, 0.25) is 0 Å². The maximum atomic E-state index is 12.4. The summed E-state index contributed by atoms with van der Waals surface area (Å²) in [5.41, 5.74) is 3.40. The van der Waals surface area contributed by atoms with Crippen LogP contribution in [0.15, 0.2) is 48.5 Å². The van der Waals surface area contributed by atoms with Crippen LogP contribution in [-0.4, -0.2) is 32.1 Å². The highest BCUT2D eigenvalue weighted by Crippen LogP contribution is 2.18. The molecule has 134 valence electrons. The molecule has 0 aliphatic rings. The second-order valence-corrected chi connectivity index (χ2v) is 6.39. The van der Waals surface area contributed by atoms with E-state index in [9.17, 15) is 4.79 Å². The molecule has 0 aromatic heterocycles. The van der Waals surface area contributed by atoms with Crippen molar-refractivity contribution in [2.45, 2.75) is 33.3 Å². The lowest BCUT2D eigenvalue weighted by Gasteiger charge is -2.21. The summed E-state index contributed by atoms with van der Waals surface area (Å²) in [7, 11) is 2.02. The number of anilines is 1. The Labute approximate surface area is 150 Å². The average molecular weight is 340 g/mol. The van der Waals surface area contributed by atoms with Gasteiger partial charge >= 0.3 is 0 Å². The number of carbonyl (C=O) groups excluding carboxylic acids is 1. The number of para-hydroxylation sites is 1. The van der Waals surface area contributed by atoms with Gasteiger partial charge in [0.25, 0.3) is 5.91 Å². The molecule has 25 heavy (non-hydrogen) atoms. The Morgan fingerprint density at radius 3 is 2.36 bits per heavy atom. The fraction of sp³-hybridized carbons (Fsp3) is 0.381. The molecule has 1 atom stereocenters. The molecule has 0 saturated carbocycles. The fourth-order valence-corrected chi connectivity index (χ4v) is 2.76. The Kier molecular flexibility index (Phi) is 6.87. The molecular formula is C21H28N2O2. The molecule has 0 fully saturated rings. The topological polar surface area (TPSA) is 41.6 Å². The molecule has 0 spiro atoms. The molecule has 4 nitrogen and oxygen atoms in total. The standard InChI is InChI=1S/C21H28N2O2/c1-5-20(25-19-14-16(2)13-17(3)15-19)21(24)22-11-12-23(4)18-9-7-6-8-10-18/h6-10,13-15,20H,5,11-12H2,1-4H3,(H,22,24). The summed E-state index contributed by atoms with van der Waals surface area (Å²) in [6, 6.07) is 16.1. The molecule has 0 bridgehead atoms. The zero-order valence-corrected chi connectivity index (χ0v) is 15.6. The SMILES string of the molecule is CCC(Oc1cc(C)cc(C)c1)C(=O)NCCN(C)c1ccccc1.